The molecule has 1 fully saturated rings. The minimum absolute atomic E-state index is 0.0951. The van der Waals surface area contributed by atoms with Gasteiger partial charge in [0.25, 0.3) is 11.8 Å². The lowest BCUT2D eigenvalue weighted by Crippen LogP contribution is -2.54. The summed E-state index contributed by atoms with van der Waals surface area (Å²) < 4.78 is 6.65. The zero-order valence-electron chi connectivity index (χ0n) is 14.7. The predicted octanol–water partition coefficient (Wildman–Crippen LogP) is 5.09. The van der Waals surface area contributed by atoms with Crippen molar-refractivity contribution in [3.63, 3.8) is 0 Å². The number of anilines is 1. The number of rotatable bonds is 4. The number of hydrogen-bond acceptors (Lipinski definition) is 5. The van der Waals surface area contributed by atoms with Crippen molar-refractivity contribution >= 4 is 103 Å². The Morgan fingerprint density at radius 2 is 2.07 bits per heavy atom. The number of nitrogens with one attached hydrogen (secondary N) is 1. The summed E-state index contributed by atoms with van der Waals surface area (Å²) in [6, 6.07) is 10.1. The van der Waals surface area contributed by atoms with Gasteiger partial charge in [-0.05, 0) is 86.6 Å². The Morgan fingerprint density at radius 3 is 2.73 bits per heavy atom. The molecule has 2 amide bonds. The number of hydrogen-bond donors (Lipinski definition) is 1. The number of ether oxygens (including phenoxy) is 1. The van der Waals surface area contributed by atoms with E-state index in [2.05, 4.69) is 21.2 Å². The van der Waals surface area contributed by atoms with E-state index in [0.29, 0.717) is 19.4 Å². The standard InChI is InChI=1S/C19H9BrCl2IN3O3S/c20-11-7-9(8-13(23)16(11)29-5-4-24)6-10-17(27)25-19(30)26(18(10)28)14-3-1-2-12(21)15(14)22/h1-3,6-8H,5H2,(H,25,27,30)/b10-6+. The van der Waals surface area contributed by atoms with E-state index >= 15 is 0 Å². The molecule has 1 aliphatic heterocycles. The van der Waals surface area contributed by atoms with Gasteiger partial charge in [0.05, 0.1) is 23.8 Å². The zero-order valence-corrected chi connectivity index (χ0v) is 20.8. The van der Waals surface area contributed by atoms with E-state index in [9.17, 15) is 9.59 Å². The van der Waals surface area contributed by atoms with Gasteiger partial charge in [0.15, 0.2) is 11.7 Å². The minimum Gasteiger partial charge on any atom is -0.476 e. The first-order valence-electron chi connectivity index (χ1n) is 8.09. The first kappa shape index (κ1) is 23.0. The normalized spacial score (nSPS) is 15.2. The van der Waals surface area contributed by atoms with Crippen molar-refractivity contribution in [2.75, 3.05) is 11.5 Å². The van der Waals surface area contributed by atoms with Gasteiger partial charge in [0.1, 0.15) is 17.4 Å². The van der Waals surface area contributed by atoms with Crippen molar-refractivity contribution in [2.45, 2.75) is 0 Å². The van der Waals surface area contributed by atoms with Crippen molar-refractivity contribution < 1.29 is 14.3 Å². The monoisotopic (exact) mass is 635 g/mol. The summed E-state index contributed by atoms with van der Waals surface area (Å²) in [7, 11) is 0. The van der Waals surface area contributed by atoms with Gasteiger partial charge >= 0.3 is 0 Å². The third-order valence-corrected chi connectivity index (χ3v) is 6.37. The van der Waals surface area contributed by atoms with E-state index < -0.39 is 11.8 Å². The van der Waals surface area contributed by atoms with Gasteiger partial charge in [-0.3, -0.25) is 19.8 Å². The lowest BCUT2D eigenvalue weighted by Gasteiger charge is -2.29. The molecular formula is C19H9BrCl2IN3O3S. The summed E-state index contributed by atoms with van der Waals surface area (Å²) >= 11 is 22.9. The molecule has 2 aromatic rings. The molecule has 3 rings (SSSR count). The molecule has 30 heavy (non-hydrogen) atoms. The fraction of sp³-hybridized carbons (Fsp3) is 0.0526. The van der Waals surface area contributed by atoms with Gasteiger partial charge < -0.3 is 4.74 Å². The molecular weight excluding hydrogens is 628 g/mol. The zero-order chi connectivity index (χ0) is 22.0. The molecule has 0 atom stereocenters. The highest BCUT2D eigenvalue weighted by atomic mass is 127. The van der Waals surface area contributed by atoms with E-state index in [1.807, 2.05) is 28.7 Å². The van der Waals surface area contributed by atoms with E-state index in [1.54, 1.807) is 30.3 Å². The molecule has 1 N–H and O–H groups in total. The molecule has 0 aliphatic carbocycles. The Kier molecular flexibility index (Phi) is 7.36. The van der Waals surface area contributed by atoms with Gasteiger partial charge in [0.2, 0.25) is 0 Å². The highest BCUT2D eigenvalue weighted by Crippen LogP contribution is 2.35. The van der Waals surface area contributed by atoms with Gasteiger partial charge in [-0.25, -0.2) is 0 Å². The highest BCUT2D eigenvalue weighted by Gasteiger charge is 2.35. The summed E-state index contributed by atoms with van der Waals surface area (Å²) in [6.45, 7) is -0.108. The van der Waals surface area contributed by atoms with Crippen LogP contribution in [0.25, 0.3) is 6.08 Å². The van der Waals surface area contributed by atoms with E-state index in [4.69, 9.17) is 45.4 Å². The van der Waals surface area contributed by atoms with E-state index in [0.717, 1.165) is 4.90 Å². The van der Waals surface area contributed by atoms with Crippen LogP contribution in [0.4, 0.5) is 5.69 Å². The summed E-state index contributed by atoms with van der Waals surface area (Å²) in [5, 5.41) is 11.5. The molecule has 2 aromatic carbocycles. The average Bonchev–Trinajstić information content (AvgIpc) is 2.67. The van der Waals surface area contributed by atoms with Crippen LogP contribution in [0.15, 0.2) is 40.4 Å². The van der Waals surface area contributed by atoms with Crippen molar-refractivity contribution in [1.82, 2.24) is 5.32 Å². The second-order valence-corrected chi connectivity index (χ2v) is 8.98. The third kappa shape index (κ3) is 4.63. The van der Waals surface area contributed by atoms with Crippen LogP contribution in [0.1, 0.15) is 5.56 Å². The maximum atomic E-state index is 13.1. The Labute approximate surface area is 209 Å². The lowest BCUT2D eigenvalue weighted by atomic mass is 10.1. The van der Waals surface area contributed by atoms with Gasteiger partial charge in [0, 0.05) is 0 Å². The number of carbonyl (C=O) groups excluding carboxylic acids is 2. The fourth-order valence-corrected chi connectivity index (χ4v) is 5.04. The topological polar surface area (TPSA) is 82.4 Å². The number of thiocarbonyl (C=S) groups is 1. The molecule has 1 saturated heterocycles. The van der Waals surface area contributed by atoms with Crippen LogP contribution in [0.5, 0.6) is 5.75 Å². The van der Waals surface area contributed by atoms with E-state index in [-0.39, 0.29) is 33.0 Å². The van der Waals surface area contributed by atoms with E-state index in [1.165, 1.54) is 6.08 Å². The Balaban J connectivity index is 2.03. The maximum absolute atomic E-state index is 13.1. The van der Waals surface area contributed by atoms with Crippen LogP contribution in [0, 0.1) is 14.9 Å². The van der Waals surface area contributed by atoms with Gasteiger partial charge in [-0.2, -0.15) is 5.26 Å². The molecule has 6 nitrogen and oxygen atoms in total. The number of benzene rings is 2. The minimum atomic E-state index is -0.635. The molecule has 152 valence electrons. The van der Waals surface area contributed by atoms with Crippen molar-refractivity contribution in [3.8, 4) is 11.8 Å². The lowest BCUT2D eigenvalue weighted by molar-refractivity contribution is -0.122. The first-order chi connectivity index (χ1) is 14.2. The van der Waals surface area contributed by atoms with Crippen molar-refractivity contribution in [3.05, 3.63) is 59.6 Å². The van der Waals surface area contributed by atoms with Crippen LogP contribution in [-0.2, 0) is 9.59 Å². The average molecular weight is 637 g/mol. The molecule has 0 unspecified atom stereocenters. The van der Waals surface area contributed by atoms with Crippen LogP contribution in [0.2, 0.25) is 10.0 Å². The van der Waals surface area contributed by atoms with Crippen LogP contribution in [-0.4, -0.2) is 23.5 Å². The van der Waals surface area contributed by atoms with Crippen molar-refractivity contribution in [2.24, 2.45) is 0 Å². The number of halogens is 4. The number of carbonyl (C=O) groups is 2. The summed E-state index contributed by atoms with van der Waals surface area (Å²) in [6.07, 6.45) is 1.44. The Morgan fingerprint density at radius 1 is 1.33 bits per heavy atom. The Bertz CT molecular complexity index is 1140. The summed E-state index contributed by atoms with van der Waals surface area (Å²) in [4.78, 5) is 26.7. The van der Waals surface area contributed by atoms with Crippen LogP contribution < -0.4 is 15.0 Å². The number of nitrogens with zero attached hydrogens (tertiary/aromatic N) is 2. The van der Waals surface area contributed by atoms with Crippen LogP contribution in [0.3, 0.4) is 0 Å². The van der Waals surface area contributed by atoms with Crippen molar-refractivity contribution in [1.29, 1.82) is 5.26 Å². The largest absolute Gasteiger partial charge is 0.476 e. The molecule has 1 heterocycles. The maximum Gasteiger partial charge on any atom is 0.270 e. The third-order valence-electron chi connectivity index (χ3n) is 3.89. The number of amides is 2. The fourth-order valence-electron chi connectivity index (χ4n) is 2.61. The second kappa shape index (κ2) is 9.62. The van der Waals surface area contributed by atoms with Gasteiger partial charge in [-0.1, -0.05) is 29.3 Å². The molecule has 0 spiro atoms. The Hall–Kier alpha value is -1.71. The van der Waals surface area contributed by atoms with Gasteiger partial charge in [-0.15, -0.1) is 0 Å². The smallest absolute Gasteiger partial charge is 0.270 e. The second-order valence-electron chi connectivity index (χ2n) is 5.79. The molecule has 0 saturated carbocycles. The molecule has 0 bridgehead atoms. The molecule has 0 aromatic heterocycles. The first-order valence-corrected chi connectivity index (χ1v) is 11.1. The summed E-state index contributed by atoms with van der Waals surface area (Å²) in [5.41, 5.74) is 0.702. The SMILES string of the molecule is N#CCOc1c(Br)cc(/C=C2\C(=O)NC(=S)N(c3cccc(Cl)c3Cl)C2=O)cc1I. The highest BCUT2D eigenvalue weighted by molar-refractivity contribution is 14.1. The van der Waals surface area contributed by atoms with Crippen LogP contribution >= 0.6 is 73.9 Å². The quantitative estimate of drug-likeness (QED) is 0.219. The predicted molar refractivity (Wildman–Crippen MR) is 131 cm³/mol. The summed E-state index contributed by atoms with van der Waals surface area (Å²) in [5.74, 6) is -0.772. The number of nitriles is 1. The molecule has 1 aliphatic rings. The molecule has 11 heteroatoms. The molecule has 0 radical (unpaired) electrons.